The number of hydrogen-bond donors (Lipinski definition) is 1. The van der Waals surface area contributed by atoms with Crippen LogP contribution in [0.3, 0.4) is 0 Å². The number of halogens is 3. The van der Waals surface area contributed by atoms with E-state index in [2.05, 4.69) is 20.5 Å². The number of benzene rings is 2. The van der Waals surface area contributed by atoms with Crippen LogP contribution < -0.4 is 5.32 Å². The van der Waals surface area contributed by atoms with E-state index in [4.69, 9.17) is 0 Å². The molecule has 0 bridgehead atoms. The predicted molar refractivity (Wildman–Crippen MR) is 128 cm³/mol. The number of thioether (sulfide) groups is 1. The summed E-state index contributed by atoms with van der Waals surface area (Å²) in [5, 5.41) is 12.1. The third kappa shape index (κ3) is 6.07. The number of carbonyl (C=O) groups is 1. The summed E-state index contributed by atoms with van der Waals surface area (Å²) >= 11 is 1.51. The molecule has 2 heterocycles. The fourth-order valence-corrected chi connectivity index (χ4v) is 4.43. The van der Waals surface area contributed by atoms with Crippen LogP contribution in [-0.2, 0) is 25.0 Å². The van der Waals surface area contributed by atoms with E-state index in [1.807, 2.05) is 29.7 Å². The van der Waals surface area contributed by atoms with Crippen LogP contribution >= 0.6 is 11.8 Å². The number of amides is 1. The van der Waals surface area contributed by atoms with Crippen LogP contribution in [-0.4, -0.2) is 25.7 Å². The average Bonchev–Trinajstić information content (AvgIpc) is 3.29. The number of alkyl halides is 3. The third-order valence-corrected chi connectivity index (χ3v) is 6.26. The van der Waals surface area contributed by atoms with Crippen molar-refractivity contribution < 1.29 is 18.0 Å². The second-order valence-corrected chi connectivity index (χ2v) is 8.60. The van der Waals surface area contributed by atoms with Gasteiger partial charge in [-0.25, -0.2) is 0 Å². The van der Waals surface area contributed by atoms with Gasteiger partial charge in [-0.1, -0.05) is 36.0 Å². The first-order valence-electron chi connectivity index (χ1n) is 10.8. The minimum Gasteiger partial charge on any atom is -0.348 e. The van der Waals surface area contributed by atoms with Gasteiger partial charge in [0.15, 0.2) is 11.0 Å². The topological polar surface area (TPSA) is 72.7 Å². The molecule has 6 nitrogen and oxygen atoms in total. The smallest absolute Gasteiger partial charge is 0.348 e. The summed E-state index contributed by atoms with van der Waals surface area (Å²) in [5.74, 6) is 0.954. The Morgan fingerprint density at radius 2 is 1.83 bits per heavy atom. The summed E-state index contributed by atoms with van der Waals surface area (Å²) in [6.45, 7) is 2.71. The molecule has 0 saturated heterocycles. The lowest BCUT2D eigenvalue weighted by Gasteiger charge is -2.10. The highest BCUT2D eigenvalue weighted by molar-refractivity contribution is 7.98. The zero-order valence-electron chi connectivity index (χ0n) is 18.8. The summed E-state index contributed by atoms with van der Waals surface area (Å²) in [6.07, 6.45) is -0.979. The Bertz CT molecular complexity index is 1310. The number of pyridine rings is 1. The predicted octanol–water partition coefficient (Wildman–Crippen LogP) is 5.60. The zero-order chi connectivity index (χ0) is 24.8. The van der Waals surface area contributed by atoms with Crippen LogP contribution in [0, 0.1) is 0 Å². The lowest BCUT2D eigenvalue weighted by Crippen LogP contribution is -2.23. The molecule has 0 aliphatic rings. The van der Waals surface area contributed by atoms with Crippen molar-refractivity contribution >= 4 is 17.7 Å². The van der Waals surface area contributed by atoms with Crippen molar-refractivity contribution in [3.05, 3.63) is 95.3 Å². The van der Waals surface area contributed by atoms with Gasteiger partial charge in [-0.05, 0) is 54.4 Å². The molecule has 2 aromatic heterocycles. The molecule has 0 unspecified atom stereocenters. The standard InChI is InChI=1S/C25H22F3N5OS/c1-2-33-22(20-9-5-11-29-15-20)31-32-24(33)35-16-18-7-3-8-19(12-18)23(34)30-14-17-6-4-10-21(13-17)25(26,27)28/h3-13,15H,2,14,16H2,1H3,(H,30,34). The molecule has 1 amide bonds. The van der Waals surface area contributed by atoms with Crippen molar-refractivity contribution in [3.63, 3.8) is 0 Å². The van der Waals surface area contributed by atoms with Crippen LogP contribution in [0.15, 0.2) is 78.2 Å². The molecule has 4 rings (SSSR count). The van der Waals surface area contributed by atoms with Gasteiger partial charge in [0.1, 0.15) is 0 Å². The van der Waals surface area contributed by atoms with Crippen molar-refractivity contribution in [3.8, 4) is 11.4 Å². The van der Waals surface area contributed by atoms with Gasteiger partial charge in [0.25, 0.3) is 5.91 Å². The molecule has 10 heteroatoms. The summed E-state index contributed by atoms with van der Waals surface area (Å²) in [4.78, 5) is 16.8. The molecule has 1 N–H and O–H groups in total. The Hall–Kier alpha value is -3.66. The van der Waals surface area contributed by atoms with E-state index in [-0.39, 0.29) is 12.5 Å². The van der Waals surface area contributed by atoms with E-state index in [1.165, 1.54) is 17.8 Å². The highest BCUT2D eigenvalue weighted by Crippen LogP contribution is 2.29. The van der Waals surface area contributed by atoms with Crippen molar-refractivity contribution in [1.29, 1.82) is 0 Å². The van der Waals surface area contributed by atoms with Gasteiger partial charge in [0.2, 0.25) is 0 Å². The number of nitrogens with zero attached hydrogens (tertiary/aromatic N) is 4. The summed E-state index contributed by atoms with van der Waals surface area (Å²) in [7, 11) is 0. The second-order valence-electron chi connectivity index (χ2n) is 7.66. The van der Waals surface area contributed by atoms with Crippen LogP contribution in [0.5, 0.6) is 0 Å². The normalized spacial score (nSPS) is 11.4. The third-order valence-electron chi connectivity index (χ3n) is 5.22. The van der Waals surface area contributed by atoms with Gasteiger partial charge in [0, 0.05) is 42.4 Å². The molecule has 0 radical (unpaired) electrons. The van der Waals surface area contributed by atoms with E-state index in [9.17, 15) is 18.0 Å². The number of hydrogen-bond acceptors (Lipinski definition) is 5. The average molecular weight is 498 g/mol. The lowest BCUT2D eigenvalue weighted by molar-refractivity contribution is -0.137. The van der Waals surface area contributed by atoms with E-state index in [0.29, 0.717) is 23.4 Å². The highest BCUT2D eigenvalue weighted by Gasteiger charge is 2.30. The lowest BCUT2D eigenvalue weighted by atomic mass is 10.1. The zero-order valence-corrected chi connectivity index (χ0v) is 19.6. The molecule has 0 fully saturated rings. The molecule has 180 valence electrons. The molecule has 0 aliphatic heterocycles. The minimum atomic E-state index is -4.42. The van der Waals surface area contributed by atoms with E-state index < -0.39 is 11.7 Å². The molecule has 4 aromatic rings. The summed E-state index contributed by atoms with van der Waals surface area (Å²) in [6, 6.07) is 15.8. The Morgan fingerprint density at radius 3 is 2.57 bits per heavy atom. The van der Waals surface area contributed by atoms with Crippen molar-refractivity contribution in [2.45, 2.75) is 37.1 Å². The number of rotatable bonds is 8. The van der Waals surface area contributed by atoms with E-state index in [0.717, 1.165) is 34.2 Å². The maximum absolute atomic E-state index is 12.9. The maximum Gasteiger partial charge on any atom is 0.416 e. The van der Waals surface area contributed by atoms with Gasteiger partial charge in [-0.15, -0.1) is 10.2 Å². The molecule has 0 spiro atoms. The van der Waals surface area contributed by atoms with Gasteiger partial charge in [0.05, 0.1) is 5.56 Å². The monoisotopic (exact) mass is 497 g/mol. The molecule has 0 aliphatic carbocycles. The van der Waals surface area contributed by atoms with Gasteiger partial charge >= 0.3 is 6.18 Å². The first-order chi connectivity index (χ1) is 16.8. The highest BCUT2D eigenvalue weighted by atomic mass is 32.2. The van der Waals surface area contributed by atoms with Crippen molar-refractivity contribution in [2.24, 2.45) is 0 Å². The molecule has 2 aromatic carbocycles. The summed E-state index contributed by atoms with van der Waals surface area (Å²) < 4.78 is 40.7. The van der Waals surface area contributed by atoms with Crippen LogP contribution in [0.4, 0.5) is 13.2 Å². The molecular formula is C25H22F3N5OS. The first-order valence-corrected chi connectivity index (χ1v) is 11.8. The molecule has 0 atom stereocenters. The van der Waals surface area contributed by atoms with Crippen LogP contribution in [0.25, 0.3) is 11.4 Å². The van der Waals surface area contributed by atoms with Crippen LogP contribution in [0.2, 0.25) is 0 Å². The maximum atomic E-state index is 12.9. The van der Waals surface area contributed by atoms with Gasteiger partial charge < -0.3 is 9.88 Å². The minimum absolute atomic E-state index is 0.00153. The first kappa shape index (κ1) is 24.5. The number of nitrogens with one attached hydrogen (secondary N) is 1. The van der Waals surface area contributed by atoms with Crippen molar-refractivity contribution in [1.82, 2.24) is 25.1 Å². The second kappa shape index (κ2) is 10.7. The van der Waals surface area contributed by atoms with Gasteiger partial charge in [-0.2, -0.15) is 13.2 Å². The number of carbonyl (C=O) groups excluding carboxylic acids is 1. The Labute approximate surface area is 204 Å². The van der Waals surface area contributed by atoms with E-state index >= 15 is 0 Å². The fourth-order valence-electron chi connectivity index (χ4n) is 3.48. The SMILES string of the molecule is CCn1c(SCc2cccc(C(=O)NCc3cccc(C(F)(F)F)c3)c2)nnc1-c1cccnc1. The van der Waals surface area contributed by atoms with E-state index in [1.54, 1.807) is 36.7 Å². The Morgan fingerprint density at radius 1 is 1.03 bits per heavy atom. The van der Waals surface area contributed by atoms with Crippen LogP contribution in [0.1, 0.15) is 34.0 Å². The number of aromatic nitrogens is 4. The van der Waals surface area contributed by atoms with Crippen molar-refractivity contribution in [2.75, 3.05) is 0 Å². The fraction of sp³-hybridized carbons (Fsp3) is 0.200. The quantitative estimate of drug-likeness (QED) is 0.321. The largest absolute Gasteiger partial charge is 0.416 e. The summed E-state index contributed by atoms with van der Waals surface area (Å²) in [5.41, 5.74) is 1.87. The Kier molecular flexibility index (Phi) is 7.50. The molecule has 35 heavy (non-hydrogen) atoms. The van der Waals surface area contributed by atoms with Gasteiger partial charge in [-0.3, -0.25) is 9.78 Å². The Balaban J connectivity index is 1.40. The molecule has 0 saturated carbocycles. The molecular weight excluding hydrogens is 475 g/mol.